The molecule has 4 aromatic carbocycles. The second-order valence-electron chi connectivity index (χ2n) is 12.1. The lowest BCUT2D eigenvalue weighted by atomic mass is 9.85. The maximum Gasteiger partial charge on any atom is 0.336 e. The molecular formula is C37H38N2O3. The molecule has 0 spiro atoms. The monoisotopic (exact) mass is 558 g/mol. The van der Waals surface area contributed by atoms with Crippen molar-refractivity contribution in [2.24, 2.45) is 0 Å². The first-order valence-corrected chi connectivity index (χ1v) is 14.4. The van der Waals surface area contributed by atoms with Crippen molar-refractivity contribution in [2.75, 3.05) is 0 Å². The van der Waals surface area contributed by atoms with Crippen LogP contribution in [0.3, 0.4) is 0 Å². The minimum absolute atomic E-state index is 0.0428. The predicted molar refractivity (Wildman–Crippen MR) is 170 cm³/mol. The molecule has 1 amide bonds. The Bertz CT molecular complexity index is 1790. The number of fused-ring (bicyclic) bond motifs is 1. The fraction of sp³-hybridized carbons (Fsp3) is 0.243. The number of carboxylic acid groups (broad SMARTS) is 1. The van der Waals surface area contributed by atoms with Crippen LogP contribution in [0.25, 0.3) is 22.0 Å². The zero-order valence-electron chi connectivity index (χ0n) is 25.2. The van der Waals surface area contributed by atoms with Crippen LogP contribution in [0, 0.1) is 13.8 Å². The van der Waals surface area contributed by atoms with Gasteiger partial charge in [-0.2, -0.15) is 0 Å². The Morgan fingerprint density at radius 1 is 0.881 bits per heavy atom. The van der Waals surface area contributed by atoms with Crippen LogP contribution in [0.5, 0.6) is 0 Å². The van der Waals surface area contributed by atoms with Gasteiger partial charge in [0.05, 0.1) is 11.6 Å². The van der Waals surface area contributed by atoms with E-state index in [-0.39, 0.29) is 17.4 Å². The summed E-state index contributed by atoms with van der Waals surface area (Å²) in [7, 11) is 0. The number of hydrogen-bond acceptors (Lipinski definition) is 2. The van der Waals surface area contributed by atoms with E-state index in [4.69, 9.17) is 0 Å². The Kier molecular flexibility index (Phi) is 7.79. The number of nitrogens with one attached hydrogen (secondary N) is 1. The Morgan fingerprint density at radius 2 is 1.60 bits per heavy atom. The zero-order chi connectivity index (χ0) is 30.2. The summed E-state index contributed by atoms with van der Waals surface area (Å²) in [6.07, 6.45) is 0. The topological polar surface area (TPSA) is 71.3 Å². The van der Waals surface area contributed by atoms with Gasteiger partial charge in [0.15, 0.2) is 0 Å². The van der Waals surface area contributed by atoms with E-state index in [0.29, 0.717) is 23.2 Å². The lowest BCUT2D eigenvalue weighted by Crippen LogP contribution is -2.27. The van der Waals surface area contributed by atoms with E-state index in [1.807, 2.05) is 61.5 Å². The van der Waals surface area contributed by atoms with Crippen LogP contribution in [-0.2, 0) is 12.0 Å². The number of rotatable bonds is 7. The molecule has 0 radical (unpaired) electrons. The van der Waals surface area contributed by atoms with Gasteiger partial charge in [-0.05, 0) is 83.8 Å². The maximum atomic E-state index is 13.3. The first-order chi connectivity index (χ1) is 19.9. The molecule has 0 aliphatic heterocycles. The van der Waals surface area contributed by atoms with E-state index in [1.165, 1.54) is 5.56 Å². The maximum absolute atomic E-state index is 13.3. The third kappa shape index (κ3) is 5.73. The highest BCUT2D eigenvalue weighted by molar-refractivity contribution is 5.99. The highest BCUT2D eigenvalue weighted by atomic mass is 16.4. The molecule has 0 aliphatic rings. The summed E-state index contributed by atoms with van der Waals surface area (Å²) < 4.78 is 2.27. The van der Waals surface area contributed by atoms with Crippen molar-refractivity contribution in [3.8, 4) is 11.1 Å². The lowest BCUT2D eigenvalue weighted by molar-refractivity contribution is 0.0697. The molecule has 1 aromatic heterocycles. The van der Waals surface area contributed by atoms with Crippen molar-refractivity contribution in [3.05, 3.63) is 130 Å². The molecule has 0 fully saturated rings. The SMILES string of the molecule is Cc1c(C)n(Cc2ccc(-c3ccccc3C(=O)O)cc2)c2ccc(C(=O)NC(C)c3cccc(C(C)(C)C)c3)cc12. The van der Waals surface area contributed by atoms with Crippen molar-refractivity contribution in [3.63, 3.8) is 0 Å². The molecule has 0 bridgehead atoms. The molecular weight excluding hydrogens is 520 g/mol. The summed E-state index contributed by atoms with van der Waals surface area (Å²) in [5, 5.41) is 13.8. The average molecular weight is 559 g/mol. The number of aromatic nitrogens is 1. The first kappa shape index (κ1) is 28.9. The van der Waals surface area contributed by atoms with Crippen molar-refractivity contribution in [2.45, 2.75) is 59.5 Å². The third-order valence-corrected chi connectivity index (χ3v) is 8.26. The number of carboxylic acids is 1. The first-order valence-electron chi connectivity index (χ1n) is 14.4. The van der Waals surface area contributed by atoms with E-state index < -0.39 is 5.97 Å². The minimum Gasteiger partial charge on any atom is -0.478 e. The van der Waals surface area contributed by atoms with Gasteiger partial charge in [-0.15, -0.1) is 0 Å². The fourth-order valence-corrected chi connectivity index (χ4v) is 5.53. The third-order valence-electron chi connectivity index (χ3n) is 8.26. The van der Waals surface area contributed by atoms with Crippen molar-refractivity contribution >= 4 is 22.8 Å². The van der Waals surface area contributed by atoms with Crippen LogP contribution in [0.4, 0.5) is 0 Å². The van der Waals surface area contributed by atoms with Crippen molar-refractivity contribution in [1.82, 2.24) is 9.88 Å². The summed E-state index contributed by atoms with van der Waals surface area (Å²) in [6.45, 7) is 13.5. The molecule has 0 saturated carbocycles. The summed E-state index contributed by atoms with van der Waals surface area (Å²) >= 11 is 0. The Labute approximate surface area is 247 Å². The van der Waals surface area contributed by atoms with Crippen LogP contribution < -0.4 is 5.32 Å². The highest BCUT2D eigenvalue weighted by Crippen LogP contribution is 2.30. The van der Waals surface area contributed by atoms with Crippen LogP contribution in [-0.4, -0.2) is 21.6 Å². The number of hydrogen-bond donors (Lipinski definition) is 2. The Hall–Kier alpha value is -4.64. The Balaban J connectivity index is 1.37. The molecule has 5 rings (SSSR count). The van der Waals surface area contributed by atoms with Gasteiger partial charge in [0.1, 0.15) is 0 Å². The molecule has 5 nitrogen and oxygen atoms in total. The molecule has 1 atom stereocenters. The van der Waals surface area contributed by atoms with Crippen molar-refractivity contribution < 1.29 is 14.7 Å². The van der Waals surface area contributed by atoms with Gasteiger partial charge in [-0.3, -0.25) is 4.79 Å². The lowest BCUT2D eigenvalue weighted by Gasteiger charge is -2.22. The normalized spacial score (nSPS) is 12.3. The van der Waals surface area contributed by atoms with Crippen LogP contribution in [0.15, 0.2) is 91.0 Å². The largest absolute Gasteiger partial charge is 0.478 e. The van der Waals surface area contributed by atoms with Crippen LogP contribution in [0.2, 0.25) is 0 Å². The van der Waals surface area contributed by atoms with Gasteiger partial charge in [-0.1, -0.05) is 87.5 Å². The van der Waals surface area contributed by atoms with Crippen LogP contribution >= 0.6 is 0 Å². The van der Waals surface area contributed by atoms with Gasteiger partial charge in [0, 0.05) is 28.7 Å². The molecule has 214 valence electrons. The summed E-state index contributed by atoms with van der Waals surface area (Å²) in [5.74, 6) is -1.02. The number of amides is 1. The second-order valence-corrected chi connectivity index (χ2v) is 12.1. The smallest absolute Gasteiger partial charge is 0.336 e. The van der Waals surface area contributed by atoms with Gasteiger partial charge in [0.25, 0.3) is 5.91 Å². The van der Waals surface area contributed by atoms with Gasteiger partial charge in [-0.25, -0.2) is 4.79 Å². The highest BCUT2D eigenvalue weighted by Gasteiger charge is 2.19. The number of benzene rings is 4. The predicted octanol–water partition coefficient (Wildman–Crippen LogP) is 8.46. The molecule has 0 saturated heterocycles. The molecule has 5 aromatic rings. The molecule has 1 unspecified atom stereocenters. The molecule has 5 heteroatoms. The standard InChI is InChI=1S/C37H38N2O3/c1-23-25(3)39(22-26-14-16-27(17-15-26)31-12-7-8-13-32(31)36(41)42)34-19-18-29(21-33(23)34)35(40)38-24(2)28-10-9-11-30(20-28)37(4,5)6/h7-21,24H,22H2,1-6H3,(H,38,40)(H,41,42). The number of aromatic carboxylic acids is 1. The van der Waals surface area contributed by atoms with E-state index in [2.05, 4.69) is 68.8 Å². The van der Waals surface area contributed by atoms with Crippen molar-refractivity contribution in [1.29, 1.82) is 0 Å². The number of carbonyl (C=O) groups excluding carboxylic acids is 1. The molecule has 2 N–H and O–H groups in total. The van der Waals surface area contributed by atoms with Gasteiger partial charge >= 0.3 is 5.97 Å². The van der Waals surface area contributed by atoms with E-state index in [9.17, 15) is 14.7 Å². The zero-order valence-corrected chi connectivity index (χ0v) is 25.2. The summed E-state index contributed by atoms with van der Waals surface area (Å²) in [6, 6.07) is 29.4. The van der Waals surface area contributed by atoms with Gasteiger partial charge in [0.2, 0.25) is 0 Å². The number of aryl methyl sites for hydroxylation is 1. The van der Waals surface area contributed by atoms with E-state index >= 15 is 0 Å². The minimum atomic E-state index is -0.933. The van der Waals surface area contributed by atoms with Gasteiger partial charge < -0.3 is 15.0 Å². The molecule has 0 aliphatic carbocycles. The summed E-state index contributed by atoms with van der Waals surface area (Å²) in [4.78, 5) is 25.0. The fourth-order valence-electron chi connectivity index (χ4n) is 5.53. The van der Waals surface area contributed by atoms with E-state index in [1.54, 1.807) is 12.1 Å². The quantitative estimate of drug-likeness (QED) is 0.210. The van der Waals surface area contributed by atoms with Crippen LogP contribution in [0.1, 0.15) is 82.4 Å². The summed E-state index contributed by atoms with van der Waals surface area (Å²) in [5.41, 5.74) is 9.38. The van der Waals surface area contributed by atoms with E-state index in [0.717, 1.165) is 38.9 Å². The number of nitrogens with zero attached hydrogens (tertiary/aromatic N) is 1. The second kappa shape index (κ2) is 11.3. The number of carbonyl (C=O) groups is 2. The average Bonchev–Trinajstić information content (AvgIpc) is 3.21. The Morgan fingerprint density at radius 3 is 2.29 bits per heavy atom. The molecule has 1 heterocycles. The molecule has 42 heavy (non-hydrogen) atoms.